The van der Waals surface area contributed by atoms with Gasteiger partial charge in [-0.25, -0.2) is 4.79 Å². The number of hydrogen-bond donors (Lipinski definition) is 1. The molecule has 102 valence electrons. The number of hydrogen-bond acceptors (Lipinski definition) is 2. The van der Waals surface area contributed by atoms with Crippen LogP contribution in [0.2, 0.25) is 18.1 Å². The van der Waals surface area contributed by atoms with Crippen molar-refractivity contribution < 1.29 is 14.7 Å². The van der Waals surface area contributed by atoms with E-state index in [0.717, 1.165) is 0 Å². The van der Waals surface area contributed by atoms with E-state index in [1.54, 1.807) is 10.6 Å². The van der Waals surface area contributed by atoms with Crippen LogP contribution in [0.4, 0.5) is 0 Å². The lowest BCUT2D eigenvalue weighted by Gasteiger charge is -2.56. The summed E-state index contributed by atoms with van der Waals surface area (Å²) in [6.07, 6.45) is 2.07. The van der Waals surface area contributed by atoms with Crippen LogP contribution >= 0.6 is 0 Å². The zero-order valence-corrected chi connectivity index (χ0v) is 12.9. The number of carbonyl (C=O) groups is 2. The highest BCUT2D eigenvalue weighted by Crippen LogP contribution is 2.45. The molecule has 1 saturated heterocycles. The molecule has 1 fully saturated rings. The molecule has 1 aliphatic rings. The van der Waals surface area contributed by atoms with E-state index >= 15 is 0 Å². The van der Waals surface area contributed by atoms with Gasteiger partial charge in [-0.3, -0.25) is 4.79 Å². The van der Waals surface area contributed by atoms with Gasteiger partial charge in [-0.15, -0.1) is 6.58 Å². The maximum atomic E-state index is 12.2. The molecule has 0 saturated carbocycles. The summed E-state index contributed by atoms with van der Waals surface area (Å²) in [5.74, 6) is -1.34. The van der Waals surface area contributed by atoms with E-state index in [0.29, 0.717) is 6.42 Å². The van der Waals surface area contributed by atoms with E-state index in [-0.39, 0.29) is 10.9 Å². The minimum absolute atomic E-state index is 0.0195. The molecule has 1 N–H and O–H groups in total. The van der Waals surface area contributed by atoms with Gasteiger partial charge in [-0.05, 0) is 11.5 Å². The van der Waals surface area contributed by atoms with Gasteiger partial charge in [-0.2, -0.15) is 0 Å². The Morgan fingerprint density at radius 2 is 2.00 bits per heavy atom. The van der Waals surface area contributed by atoms with Crippen molar-refractivity contribution in [2.75, 3.05) is 0 Å². The van der Waals surface area contributed by atoms with Gasteiger partial charge in [0.05, 0.1) is 5.92 Å². The molecule has 4 nitrogen and oxygen atoms in total. The van der Waals surface area contributed by atoms with Crippen LogP contribution in [0, 0.1) is 5.92 Å². The van der Waals surface area contributed by atoms with Crippen molar-refractivity contribution >= 4 is 20.1 Å². The van der Waals surface area contributed by atoms with Gasteiger partial charge in [-0.1, -0.05) is 39.9 Å². The van der Waals surface area contributed by atoms with Gasteiger partial charge in [0.15, 0.2) is 8.24 Å². The molecule has 1 rings (SSSR count). The third-order valence-electron chi connectivity index (χ3n) is 4.33. The molecule has 0 unspecified atom stereocenters. The topological polar surface area (TPSA) is 57.6 Å². The number of carboxylic acids is 1. The minimum atomic E-state index is -2.11. The monoisotopic (exact) mass is 269 g/mol. The maximum absolute atomic E-state index is 12.2. The molecule has 0 aliphatic carbocycles. The summed E-state index contributed by atoms with van der Waals surface area (Å²) in [7, 11) is -2.11. The van der Waals surface area contributed by atoms with Gasteiger partial charge in [0.25, 0.3) is 0 Å². The van der Waals surface area contributed by atoms with Crippen LogP contribution in [0.1, 0.15) is 27.2 Å². The minimum Gasteiger partial charge on any atom is -0.480 e. The van der Waals surface area contributed by atoms with Crippen molar-refractivity contribution in [1.82, 2.24) is 4.57 Å². The van der Waals surface area contributed by atoms with Crippen molar-refractivity contribution in [3.8, 4) is 0 Å². The first-order valence-corrected chi connectivity index (χ1v) is 9.17. The predicted molar refractivity (Wildman–Crippen MR) is 73.8 cm³/mol. The molecular formula is C13H23NO3Si. The van der Waals surface area contributed by atoms with Crippen LogP contribution in [0.15, 0.2) is 12.7 Å². The quantitative estimate of drug-likeness (QED) is 0.484. The van der Waals surface area contributed by atoms with Crippen molar-refractivity contribution in [3.05, 3.63) is 12.7 Å². The van der Waals surface area contributed by atoms with Crippen molar-refractivity contribution in [3.63, 3.8) is 0 Å². The number of carboxylic acid groups (broad SMARTS) is 1. The predicted octanol–water partition coefficient (Wildman–Crippen LogP) is 2.48. The van der Waals surface area contributed by atoms with Crippen LogP contribution in [-0.4, -0.2) is 35.8 Å². The molecule has 0 aromatic carbocycles. The molecule has 1 amide bonds. The van der Waals surface area contributed by atoms with Crippen LogP contribution < -0.4 is 0 Å². The molecular weight excluding hydrogens is 246 g/mol. The fraction of sp³-hybridized carbons (Fsp3) is 0.692. The second kappa shape index (κ2) is 4.53. The highest BCUT2D eigenvalue weighted by atomic mass is 28.3. The van der Waals surface area contributed by atoms with Crippen molar-refractivity contribution in [1.29, 1.82) is 0 Å². The van der Waals surface area contributed by atoms with E-state index in [2.05, 4.69) is 40.4 Å². The number of rotatable bonds is 4. The largest absolute Gasteiger partial charge is 0.480 e. The Kier molecular flexibility index (Phi) is 3.77. The summed E-state index contributed by atoms with van der Waals surface area (Å²) >= 11 is 0. The van der Waals surface area contributed by atoms with E-state index in [9.17, 15) is 14.7 Å². The molecule has 0 bridgehead atoms. The highest BCUT2D eigenvalue weighted by molar-refractivity contribution is 6.80. The summed E-state index contributed by atoms with van der Waals surface area (Å²) in [4.78, 5) is 23.6. The Bertz CT molecular complexity index is 384. The van der Waals surface area contributed by atoms with E-state index in [4.69, 9.17) is 0 Å². The Balaban J connectivity index is 3.07. The van der Waals surface area contributed by atoms with Crippen LogP contribution in [0.3, 0.4) is 0 Å². The molecule has 0 aromatic rings. The summed E-state index contributed by atoms with van der Waals surface area (Å²) in [5, 5.41) is 9.30. The van der Waals surface area contributed by atoms with Gasteiger partial charge in [0, 0.05) is 0 Å². The zero-order valence-electron chi connectivity index (χ0n) is 11.9. The highest BCUT2D eigenvalue weighted by Gasteiger charge is 2.59. The second-order valence-electron chi connectivity index (χ2n) is 6.43. The average Bonchev–Trinajstić information content (AvgIpc) is 2.19. The average molecular weight is 269 g/mol. The molecule has 0 radical (unpaired) electrons. The number of allylic oxidation sites excluding steroid dienone is 1. The number of β-lactam (4-membered cyclic amide) rings is 1. The molecule has 18 heavy (non-hydrogen) atoms. The van der Waals surface area contributed by atoms with E-state index < -0.39 is 26.2 Å². The van der Waals surface area contributed by atoms with Gasteiger partial charge in [0.2, 0.25) is 5.91 Å². The van der Waals surface area contributed by atoms with Gasteiger partial charge in [0.1, 0.15) is 6.04 Å². The third kappa shape index (κ3) is 2.11. The van der Waals surface area contributed by atoms with E-state index in [1.807, 2.05) is 0 Å². The standard InChI is InChI=1S/C13H23NO3Si/c1-7-8-9-10(12(16)17)14(11(9)15)18(5,6)13(2,3)4/h7,9-10H,1,8H2,2-6H3,(H,16,17)/t9-,10+/m1/s1. The molecule has 2 atom stereocenters. The fourth-order valence-corrected chi connectivity index (χ4v) is 4.65. The molecule has 1 heterocycles. The SMILES string of the molecule is C=CC[C@H]1C(=O)N([Si](C)(C)C(C)(C)C)[C@@H]1C(=O)O. The Morgan fingerprint density at radius 1 is 1.50 bits per heavy atom. The number of aliphatic carboxylic acids is 1. The second-order valence-corrected chi connectivity index (χ2v) is 11.5. The maximum Gasteiger partial charge on any atom is 0.326 e. The lowest BCUT2D eigenvalue weighted by Crippen LogP contribution is -2.74. The van der Waals surface area contributed by atoms with Gasteiger partial charge < -0.3 is 9.67 Å². The first-order chi connectivity index (χ1) is 8.05. The van der Waals surface area contributed by atoms with E-state index in [1.165, 1.54) is 0 Å². The van der Waals surface area contributed by atoms with Gasteiger partial charge >= 0.3 is 5.97 Å². The Morgan fingerprint density at radius 3 is 2.33 bits per heavy atom. The first kappa shape index (κ1) is 15.0. The van der Waals surface area contributed by atoms with Crippen molar-refractivity contribution in [2.24, 2.45) is 5.92 Å². The summed E-state index contributed by atoms with van der Waals surface area (Å²) in [6.45, 7) is 13.9. The number of amides is 1. The lowest BCUT2D eigenvalue weighted by atomic mass is 9.87. The third-order valence-corrected chi connectivity index (χ3v) is 9.70. The summed E-state index contributed by atoms with van der Waals surface area (Å²) in [6, 6.07) is -0.670. The molecule has 0 spiro atoms. The first-order valence-electron chi connectivity index (χ1n) is 6.22. The van der Waals surface area contributed by atoms with Crippen LogP contribution in [0.25, 0.3) is 0 Å². The molecule has 1 aliphatic heterocycles. The Labute approximate surface area is 110 Å². The zero-order chi connectivity index (χ0) is 14.3. The van der Waals surface area contributed by atoms with Crippen LogP contribution in [-0.2, 0) is 9.59 Å². The number of nitrogens with zero attached hydrogens (tertiary/aromatic N) is 1. The normalized spacial score (nSPS) is 24.7. The molecule has 0 aromatic heterocycles. The lowest BCUT2D eigenvalue weighted by molar-refractivity contribution is -0.163. The summed E-state index contributed by atoms with van der Waals surface area (Å²) < 4.78 is 1.66. The fourth-order valence-electron chi connectivity index (χ4n) is 2.22. The Hall–Kier alpha value is -1.10. The van der Waals surface area contributed by atoms with Crippen LogP contribution in [0.5, 0.6) is 0 Å². The molecule has 5 heteroatoms. The van der Waals surface area contributed by atoms with Crippen molar-refractivity contribution in [2.45, 2.75) is 51.4 Å². The smallest absolute Gasteiger partial charge is 0.326 e. The summed E-state index contributed by atoms with van der Waals surface area (Å²) in [5.41, 5.74) is 0. The number of carbonyl (C=O) groups excluding carboxylic acids is 1.